The molecule has 0 heterocycles. The second kappa shape index (κ2) is 14.1. The van der Waals surface area contributed by atoms with Crippen LogP contribution in [0, 0.1) is 0 Å². The summed E-state index contributed by atoms with van der Waals surface area (Å²) in [5.41, 5.74) is 1.21. The molecule has 5 nitrogen and oxygen atoms in total. The molecule has 1 N–H and O–H groups in total. The molecule has 7 heteroatoms. The molecule has 142 valence electrons. The van der Waals surface area contributed by atoms with Crippen LogP contribution in [-0.4, -0.2) is 63.8 Å². The molecule has 0 aliphatic heterocycles. The molecule has 0 aliphatic rings. The summed E-state index contributed by atoms with van der Waals surface area (Å²) in [5, 5.41) is 3.38. The zero-order valence-corrected chi connectivity index (χ0v) is 18.7. The second-order valence-electron chi connectivity index (χ2n) is 5.20. The molecule has 0 spiro atoms. The predicted molar refractivity (Wildman–Crippen MR) is 120 cm³/mol. The number of nitrogens with one attached hydrogen (secondary N) is 1. The van der Waals surface area contributed by atoms with E-state index < -0.39 is 0 Å². The Morgan fingerprint density at radius 3 is 2.64 bits per heavy atom. The van der Waals surface area contributed by atoms with E-state index in [2.05, 4.69) is 27.9 Å². The van der Waals surface area contributed by atoms with Crippen LogP contribution in [0.1, 0.15) is 5.56 Å². The van der Waals surface area contributed by atoms with Crippen LogP contribution in [-0.2, 0) is 6.42 Å². The molecule has 0 unspecified atom stereocenters. The highest BCUT2D eigenvalue weighted by Crippen LogP contribution is 2.27. The summed E-state index contributed by atoms with van der Waals surface area (Å²) in [6.45, 7) is 5.49. The van der Waals surface area contributed by atoms with Crippen LogP contribution in [0.4, 0.5) is 0 Å². The fraction of sp³-hybridized carbons (Fsp3) is 0.500. The molecule has 0 aromatic heterocycles. The zero-order valence-electron chi connectivity index (χ0n) is 15.6. The third-order valence-electron chi connectivity index (χ3n) is 3.52. The van der Waals surface area contributed by atoms with Crippen LogP contribution in [0.3, 0.4) is 0 Å². The lowest BCUT2D eigenvalue weighted by Gasteiger charge is -2.22. The van der Waals surface area contributed by atoms with Gasteiger partial charge in [0, 0.05) is 38.7 Å². The van der Waals surface area contributed by atoms with E-state index in [-0.39, 0.29) is 24.0 Å². The van der Waals surface area contributed by atoms with Crippen LogP contribution in [0.25, 0.3) is 0 Å². The van der Waals surface area contributed by atoms with Crippen LogP contribution >= 0.6 is 35.7 Å². The summed E-state index contributed by atoms with van der Waals surface area (Å²) >= 11 is 1.86. The van der Waals surface area contributed by atoms with E-state index in [9.17, 15) is 0 Å². The number of methoxy groups -OCH3 is 2. The number of halogens is 1. The number of hydrogen-bond donors (Lipinski definition) is 1. The van der Waals surface area contributed by atoms with E-state index in [0.29, 0.717) is 0 Å². The van der Waals surface area contributed by atoms with Crippen LogP contribution < -0.4 is 14.8 Å². The zero-order chi connectivity index (χ0) is 17.8. The number of ether oxygens (including phenoxy) is 2. The minimum Gasteiger partial charge on any atom is -0.493 e. The van der Waals surface area contributed by atoms with E-state index in [0.717, 1.165) is 48.5 Å². The van der Waals surface area contributed by atoms with Crippen molar-refractivity contribution in [2.45, 2.75) is 6.42 Å². The molecule has 0 radical (unpaired) electrons. The summed E-state index contributed by atoms with van der Waals surface area (Å²) in [6.07, 6.45) is 2.83. The molecule has 0 aliphatic carbocycles. The minimum atomic E-state index is 0. The number of aliphatic imine (C=N–C) groups is 1. The van der Waals surface area contributed by atoms with Gasteiger partial charge in [-0.15, -0.1) is 30.6 Å². The van der Waals surface area contributed by atoms with Crippen molar-refractivity contribution in [3.63, 3.8) is 0 Å². The third-order valence-corrected chi connectivity index (χ3v) is 4.49. The maximum Gasteiger partial charge on any atom is 0.193 e. The van der Waals surface area contributed by atoms with E-state index >= 15 is 0 Å². The second-order valence-corrected chi connectivity index (χ2v) is 6.35. The standard InChI is InChI=1S/C18H29N3O2S.HI/c1-6-12-24-13-10-20-18(19-2)21(3)11-9-15-7-8-16(22-4)17(14-15)23-5;/h6-8,14H,1,9-13H2,2-5H3,(H,19,20);1H. The molecule has 25 heavy (non-hydrogen) atoms. The maximum absolute atomic E-state index is 5.35. The molecule has 1 rings (SSSR count). The highest BCUT2D eigenvalue weighted by molar-refractivity contribution is 14.0. The maximum atomic E-state index is 5.35. The fourth-order valence-corrected chi connectivity index (χ4v) is 2.80. The first-order chi connectivity index (χ1) is 11.7. The summed E-state index contributed by atoms with van der Waals surface area (Å²) in [6, 6.07) is 6.03. The number of guanidine groups is 1. The molecule has 0 fully saturated rings. The van der Waals surface area contributed by atoms with Crippen LogP contribution in [0.2, 0.25) is 0 Å². The molecular weight excluding hydrogens is 449 g/mol. The Balaban J connectivity index is 0.00000576. The Bertz CT molecular complexity index is 541. The van der Waals surface area contributed by atoms with Crippen molar-refractivity contribution in [3.8, 4) is 11.5 Å². The molecule has 0 amide bonds. The van der Waals surface area contributed by atoms with Crippen molar-refractivity contribution in [2.75, 3.05) is 52.9 Å². The van der Waals surface area contributed by atoms with E-state index in [1.807, 2.05) is 44.1 Å². The topological polar surface area (TPSA) is 46.1 Å². The summed E-state index contributed by atoms with van der Waals surface area (Å²) in [7, 11) is 7.16. The predicted octanol–water partition coefficient (Wildman–Crippen LogP) is 3.29. The van der Waals surface area contributed by atoms with Gasteiger partial charge in [0.2, 0.25) is 0 Å². The van der Waals surface area contributed by atoms with Gasteiger partial charge >= 0.3 is 0 Å². The van der Waals surface area contributed by atoms with Crippen molar-refractivity contribution >= 4 is 41.7 Å². The smallest absolute Gasteiger partial charge is 0.193 e. The largest absolute Gasteiger partial charge is 0.493 e. The van der Waals surface area contributed by atoms with E-state index in [1.165, 1.54) is 5.56 Å². The van der Waals surface area contributed by atoms with Gasteiger partial charge in [0.1, 0.15) is 0 Å². The Hall–Kier alpha value is -1.09. The molecule has 1 aromatic rings. The van der Waals surface area contributed by atoms with Crippen molar-refractivity contribution in [3.05, 3.63) is 36.4 Å². The average Bonchev–Trinajstić information content (AvgIpc) is 2.62. The first-order valence-corrected chi connectivity index (χ1v) is 9.13. The lowest BCUT2D eigenvalue weighted by atomic mass is 10.1. The molecule has 0 saturated carbocycles. The Morgan fingerprint density at radius 1 is 1.32 bits per heavy atom. The SMILES string of the molecule is C=CCSCCNC(=NC)N(C)CCc1ccc(OC)c(OC)c1.I. The van der Waals surface area contributed by atoms with Gasteiger partial charge in [-0.05, 0) is 24.1 Å². The number of hydrogen-bond acceptors (Lipinski definition) is 4. The lowest BCUT2D eigenvalue weighted by Crippen LogP contribution is -2.40. The van der Waals surface area contributed by atoms with Gasteiger partial charge in [-0.1, -0.05) is 12.1 Å². The summed E-state index contributed by atoms with van der Waals surface area (Å²) in [4.78, 5) is 6.47. The number of nitrogens with zero attached hydrogens (tertiary/aromatic N) is 2. The number of rotatable bonds is 10. The highest BCUT2D eigenvalue weighted by Gasteiger charge is 2.08. The molecule has 1 aromatic carbocycles. The first-order valence-electron chi connectivity index (χ1n) is 7.97. The number of likely N-dealkylation sites (N-methyl/N-ethyl adjacent to an activating group) is 1. The van der Waals surface area contributed by atoms with Crippen molar-refractivity contribution < 1.29 is 9.47 Å². The fourth-order valence-electron chi connectivity index (χ4n) is 2.23. The van der Waals surface area contributed by atoms with Gasteiger partial charge in [-0.2, -0.15) is 11.8 Å². The lowest BCUT2D eigenvalue weighted by molar-refractivity contribution is 0.354. The van der Waals surface area contributed by atoms with Gasteiger partial charge in [0.05, 0.1) is 14.2 Å². The monoisotopic (exact) mass is 479 g/mol. The minimum absolute atomic E-state index is 0. The van der Waals surface area contributed by atoms with Gasteiger partial charge < -0.3 is 19.7 Å². The van der Waals surface area contributed by atoms with Crippen molar-refractivity contribution in [1.82, 2.24) is 10.2 Å². The number of thioether (sulfide) groups is 1. The molecule has 0 bridgehead atoms. The first kappa shape index (κ1) is 23.9. The van der Waals surface area contributed by atoms with Crippen LogP contribution in [0.15, 0.2) is 35.8 Å². The van der Waals surface area contributed by atoms with Crippen LogP contribution in [0.5, 0.6) is 11.5 Å². The van der Waals surface area contributed by atoms with E-state index in [1.54, 1.807) is 14.2 Å². The quantitative estimate of drug-likeness (QED) is 0.184. The summed E-state index contributed by atoms with van der Waals surface area (Å²) in [5.74, 6) is 4.45. The Labute approximate surface area is 173 Å². The molecule has 0 saturated heterocycles. The third kappa shape index (κ3) is 8.71. The normalized spacial score (nSPS) is 10.6. The average molecular weight is 479 g/mol. The summed E-state index contributed by atoms with van der Waals surface area (Å²) < 4.78 is 10.6. The molecular formula is C18H30IN3O2S. The van der Waals surface area contributed by atoms with Gasteiger partial charge in [-0.25, -0.2) is 0 Å². The van der Waals surface area contributed by atoms with Gasteiger partial charge in [0.15, 0.2) is 17.5 Å². The van der Waals surface area contributed by atoms with E-state index in [4.69, 9.17) is 9.47 Å². The highest BCUT2D eigenvalue weighted by atomic mass is 127. The van der Waals surface area contributed by atoms with Crippen molar-refractivity contribution in [1.29, 1.82) is 0 Å². The van der Waals surface area contributed by atoms with Crippen molar-refractivity contribution in [2.24, 2.45) is 4.99 Å². The Kier molecular flexibility index (Phi) is 13.5. The molecule has 0 atom stereocenters. The Morgan fingerprint density at radius 2 is 2.04 bits per heavy atom. The van der Waals surface area contributed by atoms with Gasteiger partial charge in [-0.3, -0.25) is 4.99 Å². The van der Waals surface area contributed by atoms with Gasteiger partial charge in [0.25, 0.3) is 0 Å². The number of benzene rings is 1.